The minimum absolute atomic E-state index is 0.362. The van der Waals surface area contributed by atoms with Crippen LogP contribution >= 0.6 is 0 Å². The fourth-order valence-corrected chi connectivity index (χ4v) is 5.48. The number of fused-ring (bicyclic) bond motifs is 3. The van der Waals surface area contributed by atoms with Gasteiger partial charge < -0.3 is 10.3 Å². The van der Waals surface area contributed by atoms with Gasteiger partial charge in [-0.15, -0.1) is 0 Å². The zero-order valence-corrected chi connectivity index (χ0v) is 17.0. The predicted octanol–water partition coefficient (Wildman–Crippen LogP) is 6.94. The van der Waals surface area contributed by atoms with Crippen LogP contribution in [0.4, 0.5) is 0 Å². The molecule has 28 heavy (non-hydrogen) atoms. The molecular weight excluding hydrogens is 340 g/mol. The number of H-pyrrole nitrogens is 1. The Labute approximate surface area is 168 Å². The van der Waals surface area contributed by atoms with Gasteiger partial charge in [0.1, 0.15) is 0 Å². The van der Waals surface area contributed by atoms with E-state index in [9.17, 15) is 0 Å². The van der Waals surface area contributed by atoms with E-state index in [0.29, 0.717) is 12.1 Å². The largest absolute Gasteiger partial charge is 0.357 e. The van der Waals surface area contributed by atoms with E-state index in [2.05, 4.69) is 65.8 Å². The normalized spacial score (nSPS) is 21.5. The number of rotatable bonds is 4. The molecule has 2 aliphatic rings. The van der Waals surface area contributed by atoms with E-state index in [0.717, 1.165) is 5.92 Å². The molecule has 0 amide bonds. The molecule has 146 valence electrons. The van der Waals surface area contributed by atoms with Crippen LogP contribution in [0.3, 0.4) is 0 Å². The van der Waals surface area contributed by atoms with Crippen molar-refractivity contribution < 1.29 is 0 Å². The second-order valence-corrected chi connectivity index (χ2v) is 8.90. The Kier molecular flexibility index (Phi) is 4.98. The van der Waals surface area contributed by atoms with E-state index < -0.39 is 0 Å². The second kappa shape index (κ2) is 7.75. The summed E-state index contributed by atoms with van der Waals surface area (Å²) in [7, 11) is 0. The van der Waals surface area contributed by atoms with Crippen LogP contribution in [0.1, 0.15) is 92.3 Å². The lowest BCUT2D eigenvalue weighted by Crippen LogP contribution is -2.27. The van der Waals surface area contributed by atoms with Gasteiger partial charge in [0.05, 0.1) is 0 Å². The average molecular weight is 373 g/mol. The van der Waals surface area contributed by atoms with Crippen LogP contribution in [-0.2, 0) is 6.42 Å². The first kappa shape index (κ1) is 18.0. The maximum Gasteiger partial charge on any atom is 0.0480 e. The first-order chi connectivity index (χ1) is 13.8. The van der Waals surface area contributed by atoms with Gasteiger partial charge in [0.25, 0.3) is 0 Å². The van der Waals surface area contributed by atoms with Crippen LogP contribution in [0.25, 0.3) is 10.9 Å². The highest BCUT2D eigenvalue weighted by molar-refractivity contribution is 5.86. The van der Waals surface area contributed by atoms with Gasteiger partial charge >= 0.3 is 0 Å². The molecule has 1 saturated carbocycles. The molecule has 2 unspecified atom stereocenters. The Hall–Kier alpha value is -2.06. The third-order valence-corrected chi connectivity index (χ3v) is 7.06. The number of hydrogen-bond donors (Lipinski definition) is 2. The summed E-state index contributed by atoms with van der Waals surface area (Å²) in [6.07, 6.45) is 10.7. The van der Waals surface area contributed by atoms with Crippen LogP contribution in [0, 0.1) is 0 Å². The lowest BCUT2D eigenvalue weighted by atomic mass is 9.83. The number of benzene rings is 2. The third-order valence-electron chi connectivity index (χ3n) is 7.06. The standard InChI is InChI=1S/C26H32N2/c1-18(19-9-4-2-5-10-19)27-25-14-8-13-22-23-17-21(20-11-6-3-7-12-20)15-16-24(23)28-26(22)25/h2,4-5,9-10,15-18,20,25,27-28H,3,6-8,11-14H2,1H3. The molecule has 0 spiro atoms. The van der Waals surface area contributed by atoms with Crippen molar-refractivity contribution in [3.63, 3.8) is 0 Å². The van der Waals surface area contributed by atoms with Crippen molar-refractivity contribution in [2.24, 2.45) is 0 Å². The van der Waals surface area contributed by atoms with Gasteiger partial charge in [-0.1, -0.05) is 55.7 Å². The third kappa shape index (κ3) is 3.39. The second-order valence-electron chi connectivity index (χ2n) is 8.90. The molecule has 1 aromatic heterocycles. The van der Waals surface area contributed by atoms with Crippen LogP contribution < -0.4 is 5.32 Å². The average Bonchev–Trinajstić information content (AvgIpc) is 3.14. The zero-order valence-electron chi connectivity index (χ0n) is 17.0. The first-order valence-corrected chi connectivity index (χ1v) is 11.2. The molecule has 0 aliphatic heterocycles. The summed E-state index contributed by atoms with van der Waals surface area (Å²) < 4.78 is 0. The number of aromatic amines is 1. The van der Waals surface area contributed by atoms with Gasteiger partial charge in [-0.25, -0.2) is 0 Å². The molecule has 5 rings (SSSR count). The summed E-state index contributed by atoms with van der Waals surface area (Å²) in [6, 6.07) is 18.8. The molecule has 2 aliphatic carbocycles. The monoisotopic (exact) mass is 372 g/mol. The molecule has 2 aromatic carbocycles. The smallest absolute Gasteiger partial charge is 0.0480 e. The highest BCUT2D eigenvalue weighted by Crippen LogP contribution is 2.39. The summed E-state index contributed by atoms with van der Waals surface area (Å²) in [5.41, 5.74) is 7.26. The number of nitrogens with one attached hydrogen (secondary N) is 2. The number of hydrogen-bond acceptors (Lipinski definition) is 1. The van der Waals surface area contributed by atoms with Crippen molar-refractivity contribution in [1.82, 2.24) is 10.3 Å². The summed E-state index contributed by atoms with van der Waals surface area (Å²) in [6.45, 7) is 2.29. The minimum Gasteiger partial charge on any atom is -0.357 e. The Balaban J connectivity index is 1.44. The van der Waals surface area contributed by atoms with Crippen LogP contribution in [-0.4, -0.2) is 4.98 Å². The van der Waals surface area contributed by atoms with E-state index in [1.165, 1.54) is 73.5 Å². The van der Waals surface area contributed by atoms with Gasteiger partial charge in [0, 0.05) is 28.7 Å². The van der Waals surface area contributed by atoms with E-state index in [-0.39, 0.29) is 0 Å². The van der Waals surface area contributed by atoms with Crippen LogP contribution in [0.2, 0.25) is 0 Å². The summed E-state index contributed by atoms with van der Waals surface area (Å²) in [5.74, 6) is 0.777. The fraction of sp³-hybridized carbons (Fsp3) is 0.462. The molecule has 3 aromatic rings. The highest BCUT2D eigenvalue weighted by atomic mass is 15.0. The fourth-order valence-electron chi connectivity index (χ4n) is 5.48. The Morgan fingerprint density at radius 3 is 2.57 bits per heavy atom. The van der Waals surface area contributed by atoms with E-state index >= 15 is 0 Å². The topological polar surface area (TPSA) is 27.8 Å². The lowest BCUT2D eigenvalue weighted by Gasteiger charge is -2.27. The van der Waals surface area contributed by atoms with Gasteiger partial charge in [-0.05, 0) is 73.8 Å². The van der Waals surface area contributed by atoms with Crippen molar-refractivity contribution in [2.45, 2.75) is 76.3 Å². The van der Waals surface area contributed by atoms with Crippen LogP contribution in [0.5, 0.6) is 0 Å². The van der Waals surface area contributed by atoms with Crippen molar-refractivity contribution >= 4 is 10.9 Å². The molecule has 0 bridgehead atoms. The van der Waals surface area contributed by atoms with E-state index in [1.807, 2.05) is 0 Å². The molecule has 1 fully saturated rings. The lowest BCUT2D eigenvalue weighted by molar-refractivity contribution is 0.410. The van der Waals surface area contributed by atoms with Crippen molar-refractivity contribution in [3.05, 3.63) is 70.9 Å². The van der Waals surface area contributed by atoms with E-state index in [1.54, 1.807) is 11.1 Å². The molecular formula is C26H32N2. The SMILES string of the molecule is CC(NC1CCCc2c1[nH]c1ccc(C3CCCCC3)cc21)c1ccccc1. The Bertz CT molecular complexity index is 934. The molecule has 2 atom stereocenters. The molecule has 2 nitrogen and oxygen atoms in total. The van der Waals surface area contributed by atoms with Gasteiger partial charge in [0.15, 0.2) is 0 Å². The Morgan fingerprint density at radius 2 is 1.75 bits per heavy atom. The molecule has 0 saturated heterocycles. The predicted molar refractivity (Wildman–Crippen MR) is 118 cm³/mol. The summed E-state index contributed by atoms with van der Waals surface area (Å²) >= 11 is 0. The maximum atomic E-state index is 3.90. The van der Waals surface area contributed by atoms with Crippen LogP contribution in [0.15, 0.2) is 48.5 Å². The number of aromatic nitrogens is 1. The molecule has 1 heterocycles. The van der Waals surface area contributed by atoms with Crippen molar-refractivity contribution in [2.75, 3.05) is 0 Å². The summed E-state index contributed by atoms with van der Waals surface area (Å²) in [5, 5.41) is 5.38. The van der Waals surface area contributed by atoms with E-state index in [4.69, 9.17) is 0 Å². The maximum absolute atomic E-state index is 3.90. The minimum atomic E-state index is 0.362. The summed E-state index contributed by atoms with van der Waals surface area (Å²) in [4.78, 5) is 3.79. The molecule has 2 heteroatoms. The Morgan fingerprint density at radius 1 is 0.929 bits per heavy atom. The quantitative estimate of drug-likeness (QED) is 0.510. The highest BCUT2D eigenvalue weighted by Gasteiger charge is 2.26. The van der Waals surface area contributed by atoms with Gasteiger partial charge in [0.2, 0.25) is 0 Å². The van der Waals surface area contributed by atoms with Gasteiger partial charge in [-0.2, -0.15) is 0 Å². The molecule has 2 N–H and O–H groups in total. The molecule has 0 radical (unpaired) electrons. The number of aryl methyl sites for hydroxylation is 1. The van der Waals surface area contributed by atoms with Crippen molar-refractivity contribution in [1.29, 1.82) is 0 Å². The zero-order chi connectivity index (χ0) is 18.9. The van der Waals surface area contributed by atoms with Gasteiger partial charge in [-0.3, -0.25) is 0 Å². The van der Waals surface area contributed by atoms with Crippen molar-refractivity contribution in [3.8, 4) is 0 Å². The first-order valence-electron chi connectivity index (χ1n) is 11.2.